The smallest absolute Gasteiger partial charge is 0.251 e. The second-order valence-corrected chi connectivity index (χ2v) is 13.9. The summed E-state index contributed by atoms with van der Waals surface area (Å²) in [6.07, 6.45) is 9.00. The van der Waals surface area contributed by atoms with Crippen LogP contribution in [0.2, 0.25) is 0 Å². The van der Waals surface area contributed by atoms with Gasteiger partial charge in [-0.1, -0.05) is 13.0 Å². The highest BCUT2D eigenvalue weighted by Gasteiger charge is 2.36. The molecule has 1 amide bonds. The maximum absolute atomic E-state index is 13.5. The molecule has 0 radical (unpaired) electrons. The van der Waals surface area contributed by atoms with Gasteiger partial charge in [0, 0.05) is 83.4 Å². The van der Waals surface area contributed by atoms with Gasteiger partial charge in [-0.05, 0) is 80.3 Å². The van der Waals surface area contributed by atoms with Crippen LogP contribution >= 0.6 is 0 Å². The summed E-state index contributed by atoms with van der Waals surface area (Å²) in [5.74, 6) is 0.142. The molecule has 8 rings (SSSR count). The third kappa shape index (κ3) is 5.80. The van der Waals surface area contributed by atoms with Crippen LogP contribution in [-0.4, -0.2) is 71.0 Å². The predicted octanol–water partition coefficient (Wildman–Crippen LogP) is 2.66. The van der Waals surface area contributed by atoms with Crippen LogP contribution in [-0.2, 0) is 35.2 Å². The van der Waals surface area contributed by atoms with E-state index in [2.05, 4.69) is 33.8 Å². The number of carboxylic acid groups (broad SMARTS) is 1. The number of carbonyl (C=O) groups is 2. The van der Waals surface area contributed by atoms with E-state index in [0.29, 0.717) is 44.1 Å². The first kappa shape index (κ1) is 32.0. The minimum absolute atomic E-state index is 0.0711. The molecule has 0 spiro atoms. The van der Waals surface area contributed by atoms with Crippen molar-refractivity contribution in [3.63, 3.8) is 0 Å². The van der Waals surface area contributed by atoms with Gasteiger partial charge in [0.2, 0.25) is 5.36 Å². The average molecular weight is 664 g/mol. The normalized spacial score (nSPS) is 17.0. The molecule has 3 aromatic rings. The Morgan fingerprint density at radius 2 is 1.61 bits per heavy atom. The first-order chi connectivity index (χ1) is 24.0. The monoisotopic (exact) mass is 663 g/mol. The molecule has 0 saturated carbocycles. The number of rotatable bonds is 11. The van der Waals surface area contributed by atoms with E-state index in [1.807, 2.05) is 0 Å². The zero-order valence-electron chi connectivity index (χ0n) is 28.5. The van der Waals surface area contributed by atoms with Gasteiger partial charge in [0.25, 0.3) is 5.91 Å². The highest BCUT2D eigenvalue weighted by Crippen LogP contribution is 2.48. The Morgan fingerprint density at radius 1 is 0.857 bits per heavy atom. The van der Waals surface area contributed by atoms with Gasteiger partial charge in [0.05, 0.1) is 31.4 Å². The van der Waals surface area contributed by atoms with Crippen molar-refractivity contribution < 1.29 is 28.9 Å². The lowest BCUT2D eigenvalue weighted by Crippen LogP contribution is -2.45. The molecule has 0 aliphatic carbocycles. The molecular formula is C40H45N3O6. The third-order valence-corrected chi connectivity index (χ3v) is 10.7. The number of amides is 1. The van der Waals surface area contributed by atoms with Crippen LogP contribution < -0.4 is 35.2 Å². The van der Waals surface area contributed by atoms with Crippen LogP contribution in [0.25, 0.3) is 5.57 Å². The summed E-state index contributed by atoms with van der Waals surface area (Å²) < 4.78 is 20.7. The van der Waals surface area contributed by atoms with E-state index in [4.69, 9.17) is 14.2 Å². The molecule has 256 valence electrons. The summed E-state index contributed by atoms with van der Waals surface area (Å²) in [5, 5.41) is 18.0. The average Bonchev–Trinajstić information content (AvgIpc) is 3.12. The molecule has 5 heterocycles. The highest BCUT2D eigenvalue weighted by atomic mass is 16.5. The van der Waals surface area contributed by atoms with Crippen LogP contribution in [0.3, 0.4) is 0 Å². The number of carboxylic acids is 1. The fourth-order valence-electron chi connectivity index (χ4n) is 8.68. The van der Waals surface area contributed by atoms with E-state index in [1.165, 1.54) is 39.4 Å². The van der Waals surface area contributed by atoms with Crippen molar-refractivity contribution in [2.45, 2.75) is 64.7 Å². The Labute approximate surface area is 287 Å². The molecule has 5 aliphatic heterocycles. The Morgan fingerprint density at radius 3 is 2.43 bits per heavy atom. The highest BCUT2D eigenvalue weighted by molar-refractivity contribution is 6.02. The molecule has 9 heteroatoms. The Kier molecular flexibility index (Phi) is 8.89. The number of fused-ring (bicyclic) bond motifs is 4. The molecule has 0 bridgehead atoms. The van der Waals surface area contributed by atoms with Gasteiger partial charge in [-0.2, -0.15) is 0 Å². The number of hydrogen-bond donors (Lipinski definition) is 1. The SMILES string of the molecule is CCCOCCOCCNC(=O)c1ccc(C(=O)[O-])c(C2=c3cc4c5c(c3Oc3c2cc2c6c3CCCN6CCC2)CCC[N+]=5CCC4)c1. The zero-order chi connectivity index (χ0) is 33.5. The lowest BCUT2D eigenvalue weighted by atomic mass is 9.81. The number of aryl methyl sites for hydroxylation is 2. The lowest BCUT2D eigenvalue weighted by molar-refractivity contribution is -0.255. The first-order valence-electron chi connectivity index (χ1n) is 18.3. The predicted molar refractivity (Wildman–Crippen MR) is 185 cm³/mol. The van der Waals surface area contributed by atoms with Crippen LogP contribution in [0.15, 0.2) is 30.3 Å². The van der Waals surface area contributed by atoms with E-state index in [9.17, 15) is 14.7 Å². The molecule has 0 saturated heterocycles. The number of nitrogens with zero attached hydrogens (tertiary/aromatic N) is 2. The summed E-state index contributed by atoms with van der Waals surface area (Å²) in [6, 6.07) is 9.33. The second-order valence-electron chi connectivity index (χ2n) is 13.9. The van der Waals surface area contributed by atoms with Crippen molar-refractivity contribution in [2.24, 2.45) is 0 Å². The maximum Gasteiger partial charge on any atom is 0.251 e. The number of hydrogen-bond acceptors (Lipinski definition) is 7. The zero-order valence-corrected chi connectivity index (χ0v) is 28.5. The van der Waals surface area contributed by atoms with E-state index in [0.717, 1.165) is 112 Å². The van der Waals surface area contributed by atoms with Crippen LogP contribution in [0.5, 0.6) is 11.5 Å². The molecule has 0 unspecified atom stereocenters. The van der Waals surface area contributed by atoms with Crippen molar-refractivity contribution >= 4 is 23.1 Å². The molecular weight excluding hydrogens is 618 g/mol. The molecule has 3 aromatic carbocycles. The summed E-state index contributed by atoms with van der Waals surface area (Å²) in [5.41, 5.74) is 9.03. The van der Waals surface area contributed by atoms with E-state index in [1.54, 1.807) is 12.1 Å². The van der Waals surface area contributed by atoms with E-state index >= 15 is 0 Å². The van der Waals surface area contributed by atoms with Crippen LogP contribution in [0.4, 0.5) is 5.69 Å². The van der Waals surface area contributed by atoms with E-state index < -0.39 is 5.97 Å². The molecule has 9 nitrogen and oxygen atoms in total. The van der Waals surface area contributed by atoms with E-state index in [-0.39, 0.29) is 11.5 Å². The molecule has 0 aromatic heterocycles. The molecule has 49 heavy (non-hydrogen) atoms. The lowest BCUT2D eigenvalue weighted by Gasteiger charge is -2.39. The quantitative estimate of drug-likeness (QED) is 0.195. The fourth-order valence-corrected chi connectivity index (χ4v) is 8.68. The fraction of sp³-hybridized carbons (Fsp3) is 0.475. The Balaban J connectivity index is 1.28. The van der Waals surface area contributed by atoms with Crippen molar-refractivity contribution in [2.75, 3.05) is 64.1 Å². The Bertz CT molecular complexity index is 1960. The Hall–Kier alpha value is -4.21. The minimum atomic E-state index is -1.27. The third-order valence-electron chi connectivity index (χ3n) is 10.7. The summed E-state index contributed by atoms with van der Waals surface area (Å²) in [6.45, 7) is 8.62. The van der Waals surface area contributed by atoms with Gasteiger partial charge in [0.15, 0.2) is 0 Å². The van der Waals surface area contributed by atoms with Gasteiger partial charge in [0.1, 0.15) is 24.6 Å². The maximum atomic E-state index is 13.5. The molecule has 5 aliphatic rings. The van der Waals surface area contributed by atoms with Crippen molar-refractivity contribution in [1.82, 2.24) is 9.89 Å². The summed E-state index contributed by atoms with van der Waals surface area (Å²) in [4.78, 5) is 28.8. The second kappa shape index (κ2) is 13.6. The number of ether oxygens (including phenoxy) is 3. The summed E-state index contributed by atoms with van der Waals surface area (Å²) in [7, 11) is 0. The number of aromatic carboxylic acids is 1. The minimum Gasteiger partial charge on any atom is -0.545 e. The number of nitrogens with one attached hydrogen (secondary N) is 1. The largest absolute Gasteiger partial charge is 0.545 e. The van der Waals surface area contributed by atoms with Crippen molar-refractivity contribution in [3.05, 3.63) is 85.4 Å². The topological polar surface area (TPSA) is 103 Å². The number of benzene rings is 3. The van der Waals surface area contributed by atoms with Gasteiger partial charge >= 0.3 is 0 Å². The first-order valence-corrected chi connectivity index (χ1v) is 18.3. The number of carbonyl (C=O) groups excluding carboxylic acids is 2. The van der Waals surface area contributed by atoms with Gasteiger partial charge in [-0.15, -0.1) is 0 Å². The van der Waals surface area contributed by atoms with Crippen LogP contribution in [0, 0.1) is 0 Å². The molecule has 0 atom stereocenters. The summed E-state index contributed by atoms with van der Waals surface area (Å²) >= 11 is 0. The van der Waals surface area contributed by atoms with Gasteiger partial charge < -0.3 is 34.3 Å². The van der Waals surface area contributed by atoms with Crippen molar-refractivity contribution in [1.29, 1.82) is 0 Å². The van der Waals surface area contributed by atoms with Crippen molar-refractivity contribution in [3.8, 4) is 11.5 Å². The van der Waals surface area contributed by atoms with Gasteiger partial charge in [-0.25, -0.2) is 4.58 Å². The molecule has 0 fully saturated rings. The number of anilines is 1. The standard InChI is InChI=1S/C40H45N3O6/c1-2-18-47-20-21-48-19-13-41-39(44)27-11-12-28(40(45)46)31(24-27)34-32-22-25-7-3-14-42-16-5-9-29(35(25)42)37(32)49-38-30-10-6-17-43-15-4-8-26(36(30)43)23-33(34)38/h11-12,22-24H,2-10,13-21H2,1H3,(H-,41,44,45,46). The molecule has 1 N–H and O–H groups in total. The van der Waals surface area contributed by atoms with Gasteiger partial charge in [-0.3, -0.25) is 4.79 Å². The van der Waals surface area contributed by atoms with Crippen LogP contribution in [0.1, 0.15) is 93.1 Å².